The summed E-state index contributed by atoms with van der Waals surface area (Å²) in [6, 6.07) is 9.83. The Balaban J connectivity index is 2.27. The van der Waals surface area contributed by atoms with Crippen LogP contribution in [0.2, 0.25) is 0 Å². The number of nitrogens with zero attached hydrogens (tertiary/aromatic N) is 1. The zero-order valence-corrected chi connectivity index (χ0v) is 12.4. The Morgan fingerprint density at radius 2 is 1.85 bits per heavy atom. The molecular weight excluding hydrogens is 250 g/mol. The van der Waals surface area contributed by atoms with Gasteiger partial charge in [0.25, 0.3) is 0 Å². The highest BCUT2D eigenvalue weighted by atomic mass is 16.5. The first-order valence-electron chi connectivity index (χ1n) is 6.90. The molecule has 0 spiro atoms. The van der Waals surface area contributed by atoms with Crippen LogP contribution in [0.4, 0.5) is 0 Å². The topological polar surface area (TPSA) is 42.4 Å². The van der Waals surface area contributed by atoms with E-state index < -0.39 is 6.10 Å². The van der Waals surface area contributed by atoms with Gasteiger partial charge in [-0.25, -0.2) is 4.98 Å². The summed E-state index contributed by atoms with van der Waals surface area (Å²) >= 11 is 0. The molecule has 1 aromatic heterocycles. The molecule has 0 aliphatic rings. The van der Waals surface area contributed by atoms with Crippen LogP contribution in [-0.4, -0.2) is 10.1 Å². The van der Waals surface area contributed by atoms with Gasteiger partial charge in [-0.1, -0.05) is 26.0 Å². The molecule has 0 bridgehead atoms. The predicted octanol–water partition coefficient (Wildman–Crippen LogP) is 4.36. The third kappa shape index (κ3) is 3.36. The molecule has 2 aromatic rings. The molecule has 0 aliphatic heterocycles. The third-order valence-corrected chi connectivity index (χ3v) is 3.25. The maximum absolute atomic E-state index is 9.48. The molecule has 0 saturated carbocycles. The van der Waals surface area contributed by atoms with Gasteiger partial charge in [0.15, 0.2) is 0 Å². The molecule has 1 N–H and O–H groups in total. The van der Waals surface area contributed by atoms with E-state index >= 15 is 0 Å². The summed E-state index contributed by atoms with van der Waals surface area (Å²) < 4.78 is 5.89. The molecule has 0 saturated heterocycles. The summed E-state index contributed by atoms with van der Waals surface area (Å²) in [5, 5.41) is 9.48. The van der Waals surface area contributed by atoms with Gasteiger partial charge in [-0.05, 0) is 48.6 Å². The fourth-order valence-electron chi connectivity index (χ4n) is 2.02. The lowest BCUT2D eigenvalue weighted by atomic mass is 10.0. The summed E-state index contributed by atoms with van der Waals surface area (Å²) in [5.41, 5.74) is 3.10. The van der Waals surface area contributed by atoms with Crippen molar-refractivity contribution in [3.63, 3.8) is 0 Å². The third-order valence-electron chi connectivity index (χ3n) is 3.25. The maximum Gasteiger partial charge on any atom is 0.219 e. The maximum atomic E-state index is 9.48. The zero-order chi connectivity index (χ0) is 14.7. The molecular formula is C17H21NO2. The number of hydrogen-bond donors (Lipinski definition) is 1. The van der Waals surface area contributed by atoms with Crippen molar-refractivity contribution in [1.29, 1.82) is 0 Å². The van der Waals surface area contributed by atoms with Gasteiger partial charge in [-0.15, -0.1) is 0 Å². The van der Waals surface area contributed by atoms with E-state index in [1.165, 1.54) is 0 Å². The minimum Gasteiger partial charge on any atom is -0.439 e. The average molecular weight is 271 g/mol. The van der Waals surface area contributed by atoms with Crippen LogP contribution in [0.3, 0.4) is 0 Å². The summed E-state index contributed by atoms with van der Waals surface area (Å²) in [6.45, 7) is 8.04. The van der Waals surface area contributed by atoms with E-state index in [1.807, 2.05) is 19.1 Å². The summed E-state index contributed by atoms with van der Waals surface area (Å²) in [6.07, 6.45) is 1.13. The van der Waals surface area contributed by atoms with E-state index in [4.69, 9.17) is 4.74 Å². The Morgan fingerprint density at radius 1 is 1.10 bits per heavy atom. The number of rotatable bonds is 4. The highest BCUT2D eigenvalue weighted by Gasteiger charge is 2.10. The van der Waals surface area contributed by atoms with Crippen molar-refractivity contribution >= 4 is 0 Å². The van der Waals surface area contributed by atoms with Gasteiger partial charge in [0.1, 0.15) is 5.75 Å². The van der Waals surface area contributed by atoms with Crippen molar-refractivity contribution in [2.45, 2.75) is 39.7 Å². The lowest BCUT2D eigenvalue weighted by molar-refractivity contribution is 0.198. The second-order valence-corrected chi connectivity index (χ2v) is 5.40. The quantitative estimate of drug-likeness (QED) is 0.898. The number of aryl methyl sites for hydroxylation is 1. The molecule has 0 radical (unpaired) electrons. The SMILES string of the molecule is Cc1ccc(C(C)C)c(Oc2ccc([C@@H](C)O)cn2)c1. The highest BCUT2D eigenvalue weighted by Crippen LogP contribution is 2.30. The van der Waals surface area contributed by atoms with Crippen molar-refractivity contribution < 1.29 is 9.84 Å². The van der Waals surface area contributed by atoms with Gasteiger partial charge in [-0.3, -0.25) is 0 Å². The fourth-order valence-corrected chi connectivity index (χ4v) is 2.02. The number of hydrogen-bond acceptors (Lipinski definition) is 3. The van der Waals surface area contributed by atoms with E-state index in [0.29, 0.717) is 11.8 Å². The van der Waals surface area contributed by atoms with Crippen LogP contribution >= 0.6 is 0 Å². The van der Waals surface area contributed by atoms with E-state index in [9.17, 15) is 5.11 Å². The average Bonchev–Trinajstić information content (AvgIpc) is 2.39. The minimum atomic E-state index is -0.512. The largest absolute Gasteiger partial charge is 0.439 e. The number of benzene rings is 1. The van der Waals surface area contributed by atoms with Crippen molar-refractivity contribution in [1.82, 2.24) is 4.98 Å². The van der Waals surface area contributed by atoms with Crippen molar-refractivity contribution in [3.05, 3.63) is 53.2 Å². The Labute approximate surface area is 120 Å². The molecule has 20 heavy (non-hydrogen) atoms. The predicted molar refractivity (Wildman–Crippen MR) is 80.2 cm³/mol. The van der Waals surface area contributed by atoms with Crippen LogP contribution < -0.4 is 4.74 Å². The molecule has 106 valence electrons. The van der Waals surface area contributed by atoms with Gasteiger partial charge in [0.2, 0.25) is 5.88 Å². The van der Waals surface area contributed by atoms with E-state index in [0.717, 1.165) is 22.4 Å². The fraction of sp³-hybridized carbons (Fsp3) is 0.353. The highest BCUT2D eigenvalue weighted by molar-refractivity contribution is 5.41. The number of aliphatic hydroxyl groups is 1. The second kappa shape index (κ2) is 6.06. The normalized spacial score (nSPS) is 12.5. The Morgan fingerprint density at radius 3 is 2.40 bits per heavy atom. The van der Waals surface area contributed by atoms with Crippen LogP contribution in [0.25, 0.3) is 0 Å². The van der Waals surface area contributed by atoms with Crippen molar-refractivity contribution in [2.24, 2.45) is 0 Å². The molecule has 2 rings (SSSR count). The first kappa shape index (κ1) is 14.5. The molecule has 3 heteroatoms. The van der Waals surface area contributed by atoms with Crippen molar-refractivity contribution in [2.75, 3.05) is 0 Å². The molecule has 0 aliphatic carbocycles. The monoisotopic (exact) mass is 271 g/mol. The van der Waals surface area contributed by atoms with Gasteiger partial charge < -0.3 is 9.84 Å². The molecule has 1 aromatic carbocycles. The van der Waals surface area contributed by atoms with Gasteiger partial charge in [-0.2, -0.15) is 0 Å². The van der Waals surface area contributed by atoms with Crippen LogP contribution in [0, 0.1) is 6.92 Å². The standard InChI is InChI=1S/C17H21NO2/c1-11(2)15-7-5-12(3)9-16(15)20-17-8-6-14(10-18-17)13(4)19/h5-11,13,19H,1-4H3/t13-/m1/s1. The van der Waals surface area contributed by atoms with Crippen molar-refractivity contribution in [3.8, 4) is 11.6 Å². The van der Waals surface area contributed by atoms with E-state index in [1.54, 1.807) is 19.2 Å². The summed E-state index contributed by atoms with van der Waals surface area (Å²) in [5.74, 6) is 1.78. The molecule has 1 atom stereocenters. The number of aromatic nitrogens is 1. The van der Waals surface area contributed by atoms with Gasteiger partial charge in [0, 0.05) is 12.3 Å². The van der Waals surface area contributed by atoms with Gasteiger partial charge in [0.05, 0.1) is 6.10 Å². The molecule has 1 heterocycles. The smallest absolute Gasteiger partial charge is 0.219 e. The zero-order valence-electron chi connectivity index (χ0n) is 12.4. The lowest BCUT2D eigenvalue weighted by Crippen LogP contribution is -1.97. The number of pyridine rings is 1. The Bertz CT molecular complexity index is 574. The first-order valence-corrected chi connectivity index (χ1v) is 6.90. The van der Waals surface area contributed by atoms with Crippen LogP contribution in [0.15, 0.2) is 36.5 Å². The lowest BCUT2D eigenvalue weighted by Gasteiger charge is -2.14. The summed E-state index contributed by atoms with van der Waals surface area (Å²) in [7, 11) is 0. The molecule has 0 fully saturated rings. The van der Waals surface area contributed by atoms with Gasteiger partial charge >= 0.3 is 0 Å². The second-order valence-electron chi connectivity index (χ2n) is 5.40. The first-order chi connectivity index (χ1) is 9.47. The number of ether oxygens (including phenoxy) is 1. The summed E-state index contributed by atoms with van der Waals surface area (Å²) in [4.78, 5) is 4.24. The van der Waals surface area contributed by atoms with Crippen LogP contribution in [0.5, 0.6) is 11.6 Å². The van der Waals surface area contributed by atoms with E-state index in [2.05, 4.69) is 31.0 Å². The molecule has 0 amide bonds. The Kier molecular flexibility index (Phi) is 4.40. The number of aliphatic hydroxyl groups excluding tert-OH is 1. The van der Waals surface area contributed by atoms with Crippen LogP contribution in [-0.2, 0) is 0 Å². The van der Waals surface area contributed by atoms with E-state index in [-0.39, 0.29) is 0 Å². The molecule has 0 unspecified atom stereocenters. The van der Waals surface area contributed by atoms with Crippen LogP contribution in [0.1, 0.15) is 49.5 Å². The minimum absolute atomic E-state index is 0.391. The molecule has 3 nitrogen and oxygen atoms in total. The Hall–Kier alpha value is -1.87.